The molecular formula is C13H15N3O2. The van der Waals surface area contributed by atoms with Crippen LogP contribution < -0.4 is 0 Å². The number of nitrogens with zero attached hydrogens (tertiary/aromatic N) is 3. The Kier molecular flexibility index (Phi) is 3.14. The van der Waals surface area contributed by atoms with Crippen LogP contribution in [0.25, 0.3) is 5.69 Å². The van der Waals surface area contributed by atoms with Crippen molar-refractivity contribution in [2.75, 3.05) is 0 Å². The molecule has 2 rings (SSSR count). The van der Waals surface area contributed by atoms with Crippen molar-refractivity contribution >= 4 is 5.97 Å². The minimum absolute atomic E-state index is 0.0549. The first-order chi connectivity index (χ1) is 8.49. The maximum atomic E-state index is 11.0. The quantitative estimate of drug-likeness (QED) is 0.901. The number of rotatable bonds is 3. The number of aromatic nitrogens is 3. The maximum absolute atomic E-state index is 11.0. The van der Waals surface area contributed by atoms with Gasteiger partial charge in [0.15, 0.2) is 5.69 Å². The van der Waals surface area contributed by atoms with Crippen LogP contribution in [0.2, 0.25) is 0 Å². The molecule has 5 nitrogen and oxygen atoms in total. The fraction of sp³-hybridized carbons (Fsp3) is 0.308. The van der Waals surface area contributed by atoms with Crippen LogP contribution in [0.5, 0.6) is 0 Å². The van der Waals surface area contributed by atoms with Crippen molar-refractivity contribution in [2.45, 2.75) is 26.7 Å². The van der Waals surface area contributed by atoms with Crippen LogP contribution >= 0.6 is 0 Å². The number of pyridine rings is 1. The summed E-state index contributed by atoms with van der Waals surface area (Å²) in [6.07, 6.45) is 1.69. The van der Waals surface area contributed by atoms with E-state index >= 15 is 0 Å². The summed E-state index contributed by atoms with van der Waals surface area (Å²) in [5.41, 5.74) is 2.60. The Morgan fingerprint density at radius 3 is 2.61 bits per heavy atom. The molecule has 2 aromatic heterocycles. The number of aromatic carboxylic acids is 1. The van der Waals surface area contributed by atoms with E-state index in [-0.39, 0.29) is 11.6 Å². The van der Waals surface area contributed by atoms with Crippen LogP contribution in [0.15, 0.2) is 24.4 Å². The molecule has 0 aromatic carbocycles. The Morgan fingerprint density at radius 2 is 2.11 bits per heavy atom. The Hall–Kier alpha value is -2.17. The van der Waals surface area contributed by atoms with E-state index in [1.165, 1.54) is 0 Å². The normalized spacial score (nSPS) is 10.9. The van der Waals surface area contributed by atoms with E-state index in [9.17, 15) is 4.79 Å². The minimum Gasteiger partial charge on any atom is -0.476 e. The highest BCUT2D eigenvalue weighted by Gasteiger charge is 2.16. The SMILES string of the molecule is Cc1ccc(-n2nc(C(=O)O)cc2C(C)C)cn1. The zero-order valence-corrected chi connectivity index (χ0v) is 10.6. The summed E-state index contributed by atoms with van der Waals surface area (Å²) in [4.78, 5) is 15.2. The summed E-state index contributed by atoms with van der Waals surface area (Å²) in [5.74, 6) is -0.831. The van der Waals surface area contributed by atoms with Gasteiger partial charge >= 0.3 is 5.97 Å². The molecule has 5 heteroatoms. The highest BCUT2D eigenvalue weighted by molar-refractivity contribution is 5.85. The number of carboxylic acids is 1. The lowest BCUT2D eigenvalue weighted by Gasteiger charge is -2.09. The zero-order chi connectivity index (χ0) is 13.3. The molecule has 18 heavy (non-hydrogen) atoms. The van der Waals surface area contributed by atoms with E-state index in [0.29, 0.717) is 0 Å². The fourth-order valence-corrected chi connectivity index (χ4v) is 1.70. The summed E-state index contributed by atoms with van der Waals surface area (Å²) in [7, 11) is 0. The predicted molar refractivity (Wildman–Crippen MR) is 67.1 cm³/mol. The Morgan fingerprint density at radius 1 is 1.39 bits per heavy atom. The second-order valence-corrected chi connectivity index (χ2v) is 4.48. The Bertz CT molecular complexity index is 570. The highest BCUT2D eigenvalue weighted by Crippen LogP contribution is 2.20. The van der Waals surface area contributed by atoms with Gasteiger partial charge in [0, 0.05) is 11.4 Å². The van der Waals surface area contributed by atoms with E-state index in [2.05, 4.69) is 10.1 Å². The number of carboxylic acid groups (broad SMARTS) is 1. The molecule has 0 radical (unpaired) electrons. The molecule has 0 saturated carbocycles. The molecule has 0 fully saturated rings. The molecular weight excluding hydrogens is 230 g/mol. The summed E-state index contributed by atoms with van der Waals surface area (Å²) < 4.78 is 1.64. The topological polar surface area (TPSA) is 68.0 Å². The lowest BCUT2D eigenvalue weighted by molar-refractivity contribution is 0.0690. The van der Waals surface area contributed by atoms with Crippen molar-refractivity contribution in [1.29, 1.82) is 0 Å². The third kappa shape index (κ3) is 2.25. The lowest BCUT2D eigenvalue weighted by Crippen LogP contribution is -2.05. The molecule has 0 amide bonds. The van der Waals surface area contributed by atoms with Gasteiger partial charge < -0.3 is 5.11 Å². The van der Waals surface area contributed by atoms with Gasteiger partial charge in [-0.1, -0.05) is 13.8 Å². The van der Waals surface area contributed by atoms with Crippen molar-refractivity contribution in [2.24, 2.45) is 0 Å². The predicted octanol–water partition coefficient (Wildman–Crippen LogP) is 2.40. The van der Waals surface area contributed by atoms with Crippen LogP contribution in [0, 0.1) is 6.92 Å². The van der Waals surface area contributed by atoms with Crippen LogP contribution in [0.3, 0.4) is 0 Å². The molecule has 0 saturated heterocycles. The monoisotopic (exact) mass is 245 g/mol. The second-order valence-electron chi connectivity index (χ2n) is 4.48. The summed E-state index contributed by atoms with van der Waals surface area (Å²) >= 11 is 0. The Balaban J connectivity index is 2.54. The minimum atomic E-state index is -1.02. The van der Waals surface area contributed by atoms with E-state index in [1.807, 2.05) is 32.9 Å². The second kappa shape index (κ2) is 4.60. The number of carbonyl (C=O) groups is 1. The third-order valence-electron chi connectivity index (χ3n) is 2.69. The third-order valence-corrected chi connectivity index (χ3v) is 2.69. The molecule has 94 valence electrons. The first kappa shape index (κ1) is 12.3. The van der Waals surface area contributed by atoms with Gasteiger partial charge in [-0.25, -0.2) is 9.48 Å². The van der Waals surface area contributed by atoms with Crippen molar-refractivity contribution in [3.63, 3.8) is 0 Å². The number of aryl methyl sites for hydroxylation is 1. The van der Waals surface area contributed by atoms with Gasteiger partial charge in [0.25, 0.3) is 0 Å². The first-order valence-electron chi connectivity index (χ1n) is 5.75. The molecule has 0 aliphatic rings. The van der Waals surface area contributed by atoms with Crippen LogP contribution in [-0.4, -0.2) is 25.8 Å². The van der Waals surface area contributed by atoms with E-state index in [1.54, 1.807) is 16.9 Å². The zero-order valence-electron chi connectivity index (χ0n) is 10.6. The lowest BCUT2D eigenvalue weighted by atomic mass is 10.1. The van der Waals surface area contributed by atoms with E-state index in [4.69, 9.17) is 5.11 Å². The van der Waals surface area contributed by atoms with Crippen LogP contribution in [-0.2, 0) is 0 Å². The van der Waals surface area contributed by atoms with Gasteiger partial charge in [-0.3, -0.25) is 4.98 Å². The van der Waals surface area contributed by atoms with Crippen molar-refractivity contribution in [1.82, 2.24) is 14.8 Å². The first-order valence-corrected chi connectivity index (χ1v) is 5.75. The van der Waals surface area contributed by atoms with Crippen molar-refractivity contribution in [3.8, 4) is 5.69 Å². The van der Waals surface area contributed by atoms with Gasteiger partial charge in [-0.2, -0.15) is 5.10 Å². The standard InChI is InChI=1S/C13H15N3O2/c1-8(2)12-6-11(13(17)18)15-16(12)10-5-4-9(3)14-7-10/h4-8H,1-3H3,(H,17,18). The molecule has 0 unspecified atom stereocenters. The molecule has 0 aliphatic carbocycles. The molecule has 0 atom stereocenters. The number of hydrogen-bond acceptors (Lipinski definition) is 3. The maximum Gasteiger partial charge on any atom is 0.356 e. The number of hydrogen-bond donors (Lipinski definition) is 1. The fourth-order valence-electron chi connectivity index (χ4n) is 1.70. The molecule has 2 aromatic rings. The molecule has 0 aliphatic heterocycles. The van der Waals surface area contributed by atoms with Crippen molar-refractivity contribution in [3.05, 3.63) is 41.5 Å². The van der Waals surface area contributed by atoms with Gasteiger partial charge in [-0.15, -0.1) is 0 Å². The Labute approximate surface area is 105 Å². The van der Waals surface area contributed by atoms with Crippen molar-refractivity contribution < 1.29 is 9.90 Å². The van der Waals surface area contributed by atoms with Crippen LogP contribution in [0.1, 0.15) is 41.6 Å². The molecule has 1 N–H and O–H groups in total. The summed E-state index contributed by atoms with van der Waals surface area (Å²) in [6.45, 7) is 5.90. The largest absolute Gasteiger partial charge is 0.476 e. The summed E-state index contributed by atoms with van der Waals surface area (Å²) in [5, 5.41) is 13.1. The molecule has 0 spiro atoms. The highest BCUT2D eigenvalue weighted by atomic mass is 16.4. The summed E-state index contributed by atoms with van der Waals surface area (Å²) in [6, 6.07) is 5.36. The van der Waals surface area contributed by atoms with Gasteiger partial charge in [0.05, 0.1) is 11.9 Å². The van der Waals surface area contributed by atoms with E-state index in [0.717, 1.165) is 17.1 Å². The average molecular weight is 245 g/mol. The van der Waals surface area contributed by atoms with E-state index < -0.39 is 5.97 Å². The van der Waals surface area contributed by atoms with Gasteiger partial charge in [0.2, 0.25) is 0 Å². The van der Waals surface area contributed by atoms with Gasteiger partial charge in [-0.05, 0) is 31.0 Å². The molecule has 2 heterocycles. The van der Waals surface area contributed by atoms with Crippen LogP contribution in [0.4, 0.5) is 0 Å². The molecule has 0 bridgehead atoms. The van der Waals surface area contributed by atoms with Gasteiger partial charge in [0.1, 0.15) is 0 Å². The average Bonchev–Trinajstić information content (AvgIpc) is 2.75. The smallest absolute Gasteiger partial charge is 0.356 e.